The number of carbonyl (C=O) groups is 3. The Hall–Kier alpha value is -2.17. The van der Waals surface area contributed by atoms with Gasteiger partial charge in [-0.2, -0.15) is 0 Å². The zero-order valence-corrected chi connectivity index (χ0v) is 9.92. The van der Waals surface area contributed by atoms with E-state index in [0.717, 1.165) is 0 Å². The lowest BCUT2D eigenvalue weighted by Gasteiger charge is -2.16. The van der Waals surface area contributed by atoms with Crippen LogP contribution >= 0.6 is 0 Å². The highest BCUT2D eigenvalue weighted by Gasteiger charge is 2.35. The molecule has 0 spiro atoms. The molecule has 0 unspecified atom stereocenters. The fraction of sp³-hybridized carbons (Fsp3) is 0.308. The van der Waals surface area contributed by atoms with Gasteiger partial charge in [-0.3, -0.25) is 14.4 Å². The molecule has 1 atom stereocenters. The van der Waals surface area contributed by atoms with E-state index >= 15 is 0 Å². The topological polar surface area (TPSA) is 74.7 Å². The van der Waals surface area contributed by atoms with Gasteiger partial charge in [0, 0.05) is 24.2 Å². The molecule has 1 N–H and O–H groups in total. The fourth-order valence-electron chi connectivity index (χ4n) is 2.02. The molecule has 1 fully saturated rings. The molecule has 1 aromatic carbocycles. The van der Waals surface area contributed by atoms with Gasteiger partial charge >= 0.3 is 5.97 Å². The van der Waals surface area contributed by atoms with E-state index in [-0.39, 0.29) is 24.7 Å². The van der Waals surface area contributed by atoms with Crippen LogP contribution in [0.15, 0.2) is 24.3 Å². The van der Waals surface area contributed by atoms with Crippen LogP contribution < -0.4 is 4.90 Å². The number of amides is 1. The second kappa shape index (κ2) is 4.60. The Morgan fingerprint density at radius 1 is 1.39 bits per heavy atom. The van der Waals surface area contributed by atoms with Crippen LogP contribution in [0.2, 0.25) is 0 Å². The third kappa shape index (κ3) is 2.25. The quantitative estimate of drug-likeness (QED) is 0.817. The van der Waals surface area contributed by atoms with E-state index in [0.29, 0.717) is 11.3 Å². The minimum absolute atomic E-state index is 0.0135. The molecule has 1 heterocycles. The number of Topliss-reactive ketones (excluding diaryl/α,β-unsaturated/α-hetero) is 1. The maximum absolute atomic E-state index is 11.7. The van der Waals surface area contributed by atoms with Crippen LogP contribution in [0.25, 0.3) is 0 Å². The highest BCUT2D eigenvalue weighted by Crippen LogP contribution is 2.26. The molecule has 0 aliphatic carbocycles. The maximum Gasteiger partial charge on any atom is 0.308 e. The molecule has 94 valence electrons. The summed E-state index contributed by atoms with van der Waals surface area (Å²) in [5.41, 5.74) is 1.09. The molecule has 1 aliphatic heterocycles. The van der Waals surface area contributed by atoms with E-state index < -0.39 is 11.9 Å². The SMILES string of the molecule is CC(=O)c1cccc(N2C[C@H](C(=O)O)CC2=O)c1. The van der Waals surface area contributed by atoms with Crippen molar-refractivity contribution in [2.24, 2.45) is 5.92 Å². The summed E-state index contributed by atoms with van der Waals surface area (Å²) in [4.78, 5) is 35.3. The minimum atomic E-state index is -0.964. The number of carboxylic acid groups (broad SMARTS) is 1. The van der Waals surface area contributed by atoms with Crippen molar-refractivity contribution >= 4 is 23.3 Å². The summed E-state index contributed by atoms with van der Waals surface area (Å²) in [5.74, 6) is -1.94. The highest BCUT2D eigenvalue weighted by molar-refractivity contribution is 6.01. The zero-order valence-electron chi connectivity index (χ0n) is 9.92. The third-order valence-electron chi connectivity index (χ3n) is 3.04. The van der Waals surface area contributed by atoms with E-state index in [1.807, 2.05) is 0 Å². The third-order valence-corrected chi connectivity index (χ3v) is 3.04. The van der Waals surface area contributed by atoms with E-state index in [2.05, 4.69) is 0 Å². The second-order valence-corrected chi connectivity index (χ2v) is 4.35. The molecular weight excluding hydrogens is 234 g/mol. The summed E-state index contributed by atoms with van der Waals surface area (Å²) >= 11 is 0. The Balaban J connectivity index is 2.27. The van der Waals surface area contributed by atoms with Crippen molar-refractivity contribution in [1.29, 1.82) is 0 Å². The zero-order chi connectivity index (χ0) is 13.3. The minimum Gasteiger partial charge on any atom is -0.481 e. The van der Waals surface area contributed by atoms with Crippen LogP contribution in [0.1, 0.15) is 23.7 Å². The summed E-state index contributed by atoms with van der Waals surface area (Å²) in [7, 11) is 0. The van der Waals surface area contributed by atoms with Gasteiger partial charge in [-0.1, -0.05) is 12.1 Å². The summed E-state index contributed by atoms with van der Waals surface area (Å²) in [6, 6.07) is 6.67. The molecule has 5 nitrogen and oxygen atoms in total. The fourth-order valence-corrected chi connectivity index (χ4v) is 2.02. The Labute approximate surface area is 104 Å². The molecule has 1 aromatic rings. The number of ketones is 1. The number of rotatable bonds is 3. The van der Waals surface area contributed by atoms with Crippen molar-refractivity contribution in [3.63, 3.8) is 0 Å². The Morgan fingerprint density at radius 3 is 2.67 bits per heavy atom. The number of carbonyl (C=O) groups excluding carboxylic acids is 2. The predicted molar refractivity (Wildman–Crippen MR) is 64.5 cm³/mol. The summed E-state index contributed by atoms with van der Waals surface area (Å²) < 4.78 is 0. The first-order chi connectivity index (χ1) is 8.49. The Bertz CT molecular complexity index is 523. The van der Waals surface area contributed by atoms with Crippen LogP contribution in [0.5, 0.6) is 0 Å². The van der Waals surface area contributed by atoms with Gasteiger partial charge in [0.25, 0.3) is 0 Å². The van der Waals surface area contributed by atoms with Crippen LogP contribution in [0.4, 0.5) is 5.69 Å². The smallest absolute Gasteiger partial charge is 0.308 e. The average molecular weight is 247 g/mol. The lowest BCUT2D eigenvalue weighted by molar-refractivity contribution is -0.141. The number of hydrogen-bond donors (Lipinski definition) is 1. The normalized spacial score (nSPS) is 19.1. The monoisotopic (exact) mass is 247 g/mol. The molecule has 18 heavy (non-hydrogen) atoms. The van der Waals surface area contributed by atoms with E-state index in [1.54, 1.807) is 24.3 Å². The van der Waals surface area contributed by atoms with Crippen LogP contribution in [-0.2, 0) is 9.59 Å². The first kappa shape index (κ1) is 12.3. The number of anilines is 1. The highest BCUT2D eigenvalue weighted by atomic mass is 16.4. The van der Waals surface area contributed by atoms with Crippen molar-refractivity contribution in [3.05, 3.63) is 29.8 Å². The van der Waals surface area contributed by atoms with Gasteiger partial charge in [-0.15, -0.1) is 0 Å². The lowest BCUT2D eigenvalue weighted by atomic mass is 10.1. The molecule has 0 aromatic heterocycles. The molecule has 1 saturated heterocycles. The summed E-state index contributed by atoms with van der Waals surface area (Å²) in [6.45, 7) is 1.61. The van der Waals surface area contributed by atoms with Gasteiger partial charge in [0.2, 0.25) is 5.91 Å². The van der Waals surface area contributed by atoms with Crippen molar-refractivity contribution < 1.29 is 19.5 Å². The van der Waals surface area contributed by atoms with E-state index in [1.165, 1.54) is 11.8 Å². The molecule has 1 aliphatic rings. The number of hydrogen-bond acceptors (Lipinski definition) is 3. The molecule has 2 rings (SSSR count). The standard InChI is InChI=1S/C13H13NO4/c1-8(15)9-3-2-4-11(5-9)14-7-10(13(17)18)6-12(14)16/h2-5,10H,6-7H2,1H3,(H,17,18)/t10-/m1/s1. The van der Waals surface area contributed by atoms with Crippen LogP contribution in [-0.4, -0.2) is 29.3 Å². The molecule has 1 amide bonds. The van der Waals surface area contributed by atoms with Gasteiger partial charge in [-0.25, -0.2) is 0 Å². The predicted octanol–water partition coefficient (Wildman–Crippen LogP) is 1.33. The van der Waals surface area contributed by atoms with Gasteiger partial charge in [0.15, 0.2) is 5.78 Å². The number of benzene rings is 1. The molecule has 5 heteroatoms. The first-order valence-corrected chi connectivity index (χ1v) is 5.63. The number of nitrogens with zero attached hydrogens (tertiary/aromatic N) is 1. The number of carboxylic acids is 1. The van der Waals surface area contributed by atoms with Crippen LogP contribution in [0, 0.1) is 5.92 Å². The summed E-state index contributed by atoms with van der Waals surface area (Å²) in [5, 5.41) is 8.91. The van der Waals surface area contributed by atoms with E-state index in [4.69, 9.17) is 5.11 Å². The van der Waals surface area contributed by atoms with Crippen molar-refractivity contribution in [1.82, 2.24) is 0 Å². The van der Waals surface area contributed by atoms with Crippen molar-refractivity contribution in [3.8, 4) is 0 Å². The maximum atomic E-state index is 11.7. The molecule has 0 saturated carbocycles. The van der Waals surface area contributed by atoms with Gasteiger partial charge in [0.05, 0.1) is 5.92 Å². The molecule has 0 bridgehead atoms. The Morgan fingerprint density at radius 2 is 2.11 bits per heavy atom. The van der Waals surface area contributed by atoms with Crippen molar-refractivity contribution in [2.75, 3.05) is 11.4 Å². The first-order valence-electron chi connectivity index (χ1n) is 5.63. The lowest BCUT2D eigenvalue weighted by Crippen LogP contribution is -2.25. The molecule has 0 radical (unpaired) electrons. The largest absolute Gasteiger partial charge is 0.481 e. The second-order valence-electron chi connectivity index (χ2n) is 4.35. The van der Waals surface area contributed by atoms with Gasteiger partial charge in [-0.05, 0) is 19.1 Å². The summed E-state index contributed by atoms with van der Waals surface area (Å²) in [6.07, 6.45) is 0.0135. The molecular formula is C13H13NO4. The van der Waals surface area contributed by atoms with Crippen LogP contribution in [0.3, 0.4) is 0 Å². The van der Waals surface area contributed by atoms with Gasteiger partial charge < -0.3 is 10.0 Å². The van der Waals surface area contributed by atoms with E-state index in [9.17, 15) is 14.4 Å². The van der Waals surface area contributed by atoms with Gasteiger partial charge in [0.1, 0.15) is 0 Å². The Kier molecular flexibility index (Phi) is 3.14. The number of aliphatic carboxylic acids is 1. The average Bonchev–Trinajstić information content (AvgIpc) is 2.72. The van der Waals surface area contributed by atoms with Crippen molar-refractivity contribution in [2.45, 2.75) is 13.3 Å².